The van der Waals surface area contributed by atoms with Crippen molar-refractivity contribution in [3.8, 4) is 0 Å². The standard InChI is InChI=1S/C10H11NO2/c12-10(13)4-7-2-1-3-8-5-11-6-9(7)8/h1-3,11H,4-6H2,(H,12,13). The Morgan fingerprint density at radius 2 is 2.31 bits per heavy atom. The Hall–Kier alpha value is -1.35. The average Bonchev–Trinajstić information content (AvgIpc) is 2.51. The zero-order valence-electron chi connectivity index (χ0n) is 7.21. The van der Waals surface area contributed by atoms with Gasteiger partial charge in [-0.2, -0.15) is 0 Å². The number of nitrogens with one attached hydrogen (secondary N) is 1. The minimum atomic E-state index is -0.764. The van der Waals surface area contributed by atoms with Crippen LogP contribution in [0.1, 0.15) is 16.7 Å². The first-order valence-electron chi connectivity index (χ1n) is 4.29. The summed E-state index contributed by atoms with van der Waals surface area (Å²) in [6.45, 7) is 1.67. The Morgan fingerprint density at radius 3 is 3.08 bits per heavy atom. The Balaban J connectivity index is 2.36. The van der Waals surface area contributed by atoms with E-state index in [0.29, 0.717) is 0 Å². The molecule has 0 saturated carbocycles. The van der Waals surface area contributed by atoms with E-state index in [0.717, 1.165) is 18.7 Å². The van der Waals surface area contributed by atoms with Crippen molar-refractivity contribution in [1.82, 2.24) is 5.32 Å². The molecule has 0 bridgehead atoms. The molecule has 0 amide bonds. The van der Waals surface area contributed by atoms with Crippen LogP contribution in [-0.4, -0.2) is 11.1 Å². The van der Waals surface area contributed by atoms with Gasteiger partial charge in [0, 0.05) is 13.1 Å². The first-order valence-corrected chi connectivity index (χ1v) is 4.29. The van der Waals surface area contributed by atoms with Crippen LogP contribution in [0.4, 0.5) is 0 Å². The average molecular weight is 177 g/mol. The summed E-state index contributed by atoms with van der Waals surface area (Å²) >= 11 is 0. The van der Waals surface area contributed by atoms with E-state index in [1.54, 1.807) is 0 Å². The van der Waals surface area contributed by atoms with E-state index in [9.17, 15) is 4.79 Å². The molecule has 0 spiro atoms. The maximum atomic E-state index is 10.5. The molecule has 1 aromatic rings. The van der Waals surface area contributed by atoms with Crippen molar-refractivity contribution in [2.45, 2.75) is 19.5 Å². The van der Waals surface area contributed by atoms with Crippen LogP contribution in [0.5, 0.6) is 0 Å². The summed E-state index contributed by atoms with van der Waals surface area (Å²) in [6, 6.07) is 5.85. The first kappa shape index (κ1) is 8.26. The number of hydrogen-bond acceptors (Lipinski definition) is 2. The van der Waals surface area contributed by atoms with Crippen LogP contribution < -0.4 is 5.32 Å². The summed E-state index contributed by atoms with van der Waals surface area (Å²) in [5.41, 5.74) is 3.35. The summed E-state index contributed by atoms with van der Waals surface area (Å²) in [4.78, 5) is 10.5. The van der Waals surface area contributed by atoms with Crippen LogP contribution in [0.25, 0.3) is 0 Å². The zero-order chi connectivity index (χ0) is 9.26. The molecule has 1 aliphatic rings. The number of fused-ring (bicyclic) bond motifs is 1. The highest BCUT2D eigenvalue weighted by Crippen LogP contribution is 2.19. The third-order valence-corrected chi connectivity index (χ3v) is 2.33. The molecule has 0 unspecified atom stereocenters. The van der Waals surface area contributed by atoms with Crippen molar-refractivity contribution in [1.29, 1.82) is 0 Å². The number of rotatable bonds is 2. The predicted octanol–water partition coefficient (Wildman–Crippen LogP) is 0.917. The van der Waals surface area contributed by atoms with Crippen LogP contribution in [-0.2, 0) is 24.3 Å². The van der Waals surface area contributed by atoms with Gasteiger partial charge in [-0.3, -0.25) is 4.79 Å². The number of carboxylic acids is 1. The summed E-state index contributed by atoms with van der Waals surface area (Å²) in [7, 11) is 0. The molecule has 0 radical (unpaired) electrons. The Kier molecular flexibility index (Phi) is 2.02. The fourth-order valence-corrected chi connectivity index (χ4v) is 1.73. The smallest absolute Gasteiger partial charge is 0.307 e. The number of aliphatic carboxylic acids is 1. The number of carboxylic acid groups (broad SMARTS) is 1. The molecule has 3 nitrogen and oxygen atoms in total. The number of benzene rings is 1. The van der Waals surface area contributed by atoms with Gasteiger partial charge < -0.3 is 10.4 Å². The second-order valence-electron chi connectivity index (χ2n) is 3.23. The third-order valence-electron chi connectivity index (χ3n) is 2.33. The lowest BCUT2D eigenvalue weighted by molar-refractivity contribution is -0.136. The molecule has 2 rings (SSSR count). The van der Waals surface area contributed by atoms with Gasteiger partial charge in [0.2, 0.25) is 0 Å². The third kappa shape index (κ3) is 1.55. The molecule has 0 aromatic heterocycles. The second-order valence-corrected chi connectivity index (χ2v) is 3.23. The lowest BCUT2D eigenvalue weighted by atomic mass is 10.0. The van der Waals surface area contributed by atoms with E-state index in [-0.39, 0.29) is 6.42 Å². The Labute approximate surface area is 76.4 Å². The molecular weight excluding hydrogens is 166 g/mol. The molecule has 1 aromatic carbocycles. The first-order chi connectivity index (χ1) is 6.27. The zero-order valence-corrected chi connectivity index (χ0v) is 7.21. The van der Waals surface area contributed by atoms with E-state index in [4.69, 9.17) is 5.11 Å². The van der Waals surface area contributed by atoms with Crippen LogP contribution in [0.15, 0.2) is 18.2 Å². The molecule has 0 atom stereocenters. The quantitative estimate of drug-likeness (QED) is 0.706. The van der Waals surface area contributed by atoms with Gasteiger partial charge in [-0.15, -0.1) is 0 Å². The van der Waals surface area contributed by atoms with E-state index >= 15 is 0 Å². The summed E-state index contributed by atoms with van der Waals surface area (Å²) < 4.78 is 0. The molecule has 1 heterocycles. The largest absolute Gasteiger partial charge is 0.481 e. The lowest BCUT2D eigenvalue weighted by Gasteiger charge is -2.03. The van der Waals surface area contributed by atoms with Gasteiger partial charge in [-0.1, -0.05) is 18.2 Å². The molecule has 13 heavy (non-hydrogen) atoms. The van der Waals surface area contributed by atoms with Gasteiger partial charge >= 0.3 is 5.97 Å². The van der Waals surface area contributed by atoms with Gasteiger partial charge in [-0.25, -0.2) is 0 Å². The SMILES string of the molecule is O=C(O)Cc1cccc2c1CNC2. The fraction of sp³-hybridized carbons (Fsp3) is 0.300. The molecule has 0 fully saturated rings. The minimum Gasteiger partial charge on any atom is -0.481 e. The van der Waals surface area contributed by atoms with Crippen molar-refractivity contribution in [3.05, 3.63) is 34.9 Å². The summed E-state index contributed by atoms with van der Waals surface area (Å²) in [6.07, 6.45) is 0.130. The molecule has 1 aliphatic heterocycles. The van der Waals surface area contributed by atoms with E-state index in [1.807, 2.05) is 18.2 Å². The van der Waals surface area contributed by atoms with E-state index < -0.39 is 5.97 Å². The molecule has 2 N–H and O–H groups in total. The maximum Gasteiger partial charge on any atom is 0.307 e. The molecular formula is C10H11NO2. The predicted molar refractivity (Wildman–Crippen MR) is 48.3 cm³/mol. The van der Waals surface area contributed by atoms with Crippen LogP contribution in [0.3, 0.4) is 0 Å². The van der Waals surface area contributed by atoms with Crippen LogP contribution in [0.2, 0.25) is 0 Å². The van der Waals surface area contributed by atoms with Crippen molar-refractivity contribution >= 4 is 5.97 Å². The van der Waals surface area contributed by atoms with Crippen LogP contribution >= 0.6 is 0 Å². The lowest BCUT2D eigenvalue weighted by Crippen LogP contribution is -2.05. The number of carbonyl (C=O) groups is 1. The van der Waals surface area contributed by atoms with Gasteiger partial charge in [0.1, 0.15) is 0 Å². The fourth-order valence-electron chi connectivity index (χ4n) is 1.73. The summed E-state index contributed by atoms with van der Waals surface area (Å²) in [5.74, 6) is -0.764. The second kappa shape index (κ2) is 3.18. The summed E-state index contributed by atoms with van der Waals surface area (Å²) in [5, 5.41) is 11.9. The molecule has 0 saturated heterocycles. The number of hydrogen-bond donors (Lipinski definition) is 2. The van der Waals surface area contributed by atoms with Crippen LogP contribution in [0, 0.1) is 0 Å². The highest BCUT2D eigenvalue weighted by molar-refractivity contribution is 5.71. The molecule has 3 heteroatoms. The minimum absolute atomic E-state index is 0.130. The van der Waals surface area contributed by atoms with Crippen molar-refractivity contribution < 1.29 is 9.90 Å². The normalized spacial score (nSPS) is 14.2. The van der Waals surface area contributed by atoms with Gasteiger partial charge in [0.25, 0.3) is 0 Å². The maximum absolute atomic E-state index is 10.5. The van der Waals surface area contributed by atoms with Crippen molar-refractivity contribution in [3.63, 3.8) is 0 Å². The Morgan fingerprint density at radius 1 is 1.46 bits per heavy atom. The topological polar surface area (TPSA) is 49.3 Å². The molecule has 68 valence electrons. The van der Waals surface area contributed by atoms with E-state index in [2.05, 4.69) is 5.32 Å². The van der Waals surface area contributed by atoms with Crippen molar-refractivity contribution in [2.75, 3.05) is 0 Å². The van der Waals surface area contributed by atoms with E-state index in [1.165, 1.54) is 11.1 Å². The monoisotopic (exact) mass is 177 g/mol. The van der Waals surface area contributed by atoms with Gasteiger partial charge in [0.15, 0.2) is 0 Å². The highest BCUT2D eigenvalue weighted by atomic mass is 16.4. The Bertz CT molecular complexity index is 347. The van der Waals surface area contributed by atoms with Gasteiger partial charge in [0.05, 0.1) is 6.42 Å². The van der Waals surface area contributed by atoms with Gasteiger partial charge in [-0.05, 0) is 16.7 Å². The van der Waals surface area contributed by atoms with Crippen molar-refractivity contribution in [2.24, 2.45) is 0 Å². The molecule has 0 aliphatic carbocycles. The highest BCUT2D eigenvalue weighted by Gasteiger charge is 2.14.